The molecule has 0 aromatic carbocycles. The van der Waals surface area contributed by atoms with E-state index in [2.05, 4.69) is 28.6 Å². The minimum Gasteiger partial charge on any atom is -0.317 e. The second-order valence-corrected chi connectivity index (χ2v) is 3.61. The third kappa shape index (κ3) is 1.04. The summed E-state index contributed by atoms with van der Waals surface area (Å²) < 4.78 is 2.16. The van der Waals surface area contributed by atoms with E-state index in [9.17, 15) is 0 Å². The molecule has 0 saturated carbocycles. The van der Waals surface area contributed by atoms with Crippen molar-refractivity contribution in [2.24, 2.45) is 11.8 Å². The molecule has 0 spiro atoms. The van der Waals surface area contributed by atoms with Crippen LogP contribution in [-0.4, -0.2) is 14.8 Å². The van der Waals surface area contributed by atoms with E-state index in [1.54, 1.807) is 0 Å². The van der Waals surface area contributed by atoms with Crippen molar-refractivity contribution in [1.82, 2.24) is 14.8 Å². The largest absolute Gasteiger partial charge is 0.317 e. The van der Waals surface area contributed by atoms with E-state index in [0.717, 1.165) is 30.6 Å². The summed E-state index contributed by atoms with van der Waals surface area (Å²) >= 11 is 0. The first-order valence-electron chi connectivity index (χ1n) is 4.14. The van der Waals surface area contributed by atoms with Gasteiger partial charge < -0.3 is 4.57 Å². The number of hydrogen-bond acceptors (Lipinski definition) is 2. The fraction of sp³-hybridized carbons (Fsp3) is 0.750. The first-order valence-corrected chi connectivity index (χ1v) is 4.14. The third-order valence-electron chi connectivity index (χ3n) is 2.51. The molecule has 1 atom stereocenters. The quantitative estimate of drug-likeness (QED) is 0.602. The van der Waals surface area contributed by atoms with Crippen molar-refractivity contribution in [3.63, 3.8) is 0 Å². The maximum atomic E-state index is 4.04. The van der Waals surface area contributed by atoms with E-state index in [4.69, 9.17) is 0 Å². The Kier molecular flexibility index (Phi) is 1.44. The smallest absolute Gasteiger partial charge is 0.133 e. The number of rotatable bonds is 1. The van der Waals surface area contributed by atoms with Gasteiger partial charge in [-0.25, -0.2) is 0 Å². The van der Waals surface area contributed by atoms with Gasteiger partial charge in [-0.15, -0.1) is 10.2 Å². The van der Waals surface area contributed by atoms with Gasteiger partial charge in [0.15, 0.2) is 0 Å². The molecule has 0 amide bonds. The van der Waals surface area contributed by atoms with Crippen molar-refractivity contribution in [3.8, 4) is 0 Å². The van der Waals surface area contributed by atoms with Crippen molar-refractivity contribution in [3.05, 3.63) is 12.2 Å². The standard InChI is InChI=1S/C8H13N3/c1-6(2)7-3-8-10-9-5-11(8)4-7/h5-7H,3-4H2,1-2H3. The van der Waals surface area contributed by atoms with Gasteiger partial charge in [-0.1, -0.05) is 13.8 Å². The van der Waals surface area contributed by atoms with Gasteiger partial charge >= 0.3 is 0 Å². The Morgan fingerprint density at radius 1 is 1.64 bits per heavy atom. The van der Waals surface area contributed by atoms with Gasteiger partial charge in [0.1, 0.15) is 12.2 Å². The Bertz CT molecular complexity index is 231. The summed E-state index contributed by atoms with van der Waals surface area (Å²) in [5, 5.41) is 7.89. The van der Waals surface area contributed by atoms with E-state index in [-0.39, 0.29) is 0 Å². The number of aromatic nitrogens is 3. The van der Waals surface area contributed by atoms with Crippen LogP contribution in [0.5, 0.6) is 0 Å². The van der Waals surface area contributed by atoms with E-state index in [1.807, 2.05) is 6.33 Å². The predicted octanol–water partition coefficient (Wildman–Crippen LogP) is 1.11. The zero-order chi connectivity index (χ0) is 7.84. The normalized spacial score (nSPS) is 22.6. The summed E-state index contributed by atoms with van der Waals surface area (Å²) in [5.41, 5.74) is 0. The molecule has 0 fully saturated rings. The molecule has 0 saturated heterocycles. The van der Waals surface area contributed by atoms with Crippen LogP contribution < -0.4 is 0 Å². The van der Waals surface area contributed by atoms with Gasteiger partial charge in [0.2, 0.25) is 0 Å². The average Bonchev–Trinajstić information content (AvgIpc) is 2.40. The lowest BCUT2D eigenvalue weighted by molar-refractivity contribution is 0.376. The second-order valence-electron chi connectivity index (χ2n) is 3.61. The van der Waals surface area contributed by atoms with Crippen molar-refractivity contribution in [1.29, 1.82) is 0 Å². The molecule has 60 valence electrons. The molecule has 0 radical (unpaired) electrons. The Morgan fingerprint density at radius 3 is 3.09 bits per heavy atom. The molecule has 1 aromatic rings. The molecule has 1 aliphatic rings. The van der Waals surface area contributed by atoms with Gasteiger partial charge in [0, 0.05) is 13.0 Å². The molecular formula is C8H13N3. The van der Waals surface area contributed by atoms with Crippen LogP contribution in [-0.2, 0) is 13.0 Å². The van der Waals surface area contributed by atoms with Crippen LogP contribution in [0.2, 0.25) is 0 Å². The minimum atomic E-state index is 0.761. The lowest BCUT2D eigenvalue weighted by Crippen LogP contribution is -2.09. The van der Waals surface area contributed by atoms with Crippen LogP contribution in [0, 0.1) is 11.8 Å². The number of fused-ring (bicyclic) bond motifs is 1. The Hall–Kier alpha value is -0.860. The van der Waals surface area contributed by atoms with Gasteiger partial charge in [-0.3, -0.25) is 0 Å². The number of nitrogens with zero attached hydrogens (tertiary/aromatic N) is 3. The maximum Gasteiger partial charge on any atom is 0.133 e. The van der Waals surface area contributed by atoms with Crippen LogP contribution in [0.15, 0.2) is 6.33 Å². The highest BCUT2D eigenvalue weighted by Gasteiger charge is 2.24. The second kappa shape index (κ2) is 2.32. The molecule has 3 nitrogen and oxygen atoms in total. The summed E-state index contributed by atoms with van der Waals surface area (Å²) in [6.45, 7) is 5.65. The molecule has 0 bridgehead atoms. The van der Waals surface area contributed by atoms with Crippen LogP contribution in [0.3, 0.4) is 0 Å². The molecule has 1 aliphatic heterocycles. The van der Waals surface area contributed by atoms with Crippen LogP contribution in [0.25, 0.3) is 0 Å². The summed E-state index contributed by atoms with van der Waals surface area (Å²) in [4.78, 5) is 0. The molecule has 0 N–H and O–H groups in total. The van der Waals surface area contributed by atoms with Crippen molar-refractivity contribution in [2.45, 2.75) is 26.8 Å². The maximum absolute atomic E-state index is 4.04. The monoisotopic (exact) mass is 151 g/mol. The first-order chi connectivity index (χ1) is 5.27. The zero-order valence-corrected chi connectivity index (χ0v) is 6.99. The molecule has 2 rings (SSSR count). The lowest BCUT2D eigenvalue weighted by Gasteiger charge is -2.11. The first kappa shape index (κ1) is 6.83. The van der Waals surface area contributed by atoms with Crippen molar-refractivity contribution < 1.29 is 0 Å². The summed E-state index contributed by atoms with van der Waals surface area (Å²) in [6.07, 6.45) is 2.94. The molecule has 0 aliphatic carbocycles. The highest BCUT2D eigenvalue weighted by atomic mass is 15.3. The average molecular weight is 151 g/mol. The SMILES string of the molecule is CC(C)C1Cc2nncn2C1. The molecule has 1 aromatic heterocycles. The highest BCUT2D eigenvalue weighted by molar-refractivity contribution is 4.95. The van der Waals surface area contributed by atoms with Crippen LogP contribution >= 0.6 is 0 Å². The minimum absolute atomic E-state index is 0.761. The van der Waals surface area contributed by atoms with Crippen LogP contribution in [0.4, 0.5) is 0 Å². The lowest BCUT2D eigenvalue weighted by atomic mass is 9.95. The van der Waals surface area contributed by atoms with Gasteiger partial charge in [-0.05, 0) is 11.8 Å². The topological polar surface area (TPSA) is 30.7 Å². The summed E-state index contributed by atoms with van der Waals surface area (Å²) in [5.74, 6) is 2.70. The zero-order valence-electron chi connectivity index (χ0n) is 6.99. The predicted molar refractivity (Wildman–Crippen MR) is 42.1 cm³/mol. The molecule has 2 heterocycles. The summed E-state index contributed by atoms with van der Waals surface area (Å²) in [7, 11) is 0. The van der Waals surface area contributed by atoms with Gasteiger partial charge in [0.25, 0.3) is 0 Å². The number of hydrogen-bond donors (Lipinski definition) is 0. The van der Waals surface area contributed by atoms with E-state index in [0.29, 0.717) is 0 Å². The Balaban J connectivity index is 2.16. The third-order valence-corrected chi connectivity index (χ3v) is 2.51. The molecule has 1 unspecified atom stereocenters. The van der Waals surface area contributed by atoms with Crippen molar-refractivity contribution in [2.75, 3.05) is 0 Å². The highest BCUT2D eigenvalue weighted by Crippen LogP contribution is 2.24. The molecule has 3 heteroatoms. The van der Waals surface area contributed by atoms with Crippen molar-refractivity contribution >= 4 is 0 Å². The van der Waals surface area contributed by atoms with E-state index in [1.165, 1.54) is 0 Å². The van der Waals surface area contributed by atoms with Gasteiger partial charge in [0.05, 0.1) is 0 Å². The fourth-order valence-electron chi connectivity index (χ4n) is 1.59. The fourth-order valence-corrected chi connectivity index (χ4v) is 1.59. The van der Waals surface area contributed by atoms with Gasteiger partial charge in [-0.2, -0.15) is 0 Å². The van der Waals surface area contributed by atoms with E-state index >= 15 is 0 Å². The molecule has 11 heavy (non-hydrogen) atoms. The van der Waals surface area contributed by atoms with Crippen LogP contribution in [0.1, 0.15) is 19.7 Å². The summed E-state index contributed by atoms with van der Waals surface area (Å²) in [6, 6.07) is 0. The van der Waals surface area contributed by atoms with E-state index < -0.39 is 0 Å². The molecular weight excluding hydrogens is 138 g/mol. The Labute approximate surface area is 66.4 Å². The Morgan fingerprint density at radius 2 is 2.45 bits per heavy atom.